The number of benzene rings is 1. The number of aromatic nitrogens is 4. The lowest BCUT2D eigenvalue weighted by atomic mass is 10.1. The summed E-state index contributed by atoms with van der Waals surface area (Å²) >= 11 is 0. The maximum absolute atomic E-state index is 10.5. The van der Waals surface area contributed by atoms with Crippen LogP contribution < -0.4 is 5.32 Å². The molecule has 0 saturated carbocycles. The highest BCUT2D eigenvalue weighted by molar-refractivity contribution is 5.35. The minimum absolute atomic E-state index is 0.121. The number of rotatable bonds is 6. The molecule has 8 heteroatoms. The van der Waals surface area contributed by atoms with Crippen LogP contribution in [0.4, 0.5) is 11.6 Å². The van der Waals surface area contributed by atoms with Crippen molar-refractivity contribution in [3.05, 3.63) is 70.8 Å². The topological polar surface area (TPSA) is 98.8 Å². The van der Waals surface area contributed by atoms with Gasteiger partial charge in [-0.05, 0) is 30.2 Å². The molecule has 0 aliphatic heterocycles. The molecule has 0 unspecified atom stereocenters. The molecule has 3 rings (SSSR count). The predicted octanol–water partition coefficient (Wildman–Crippen LogP) is 2.23. The van der Waals surface area contributed by atoms with Crippen molar-refractivity contribution in [3.8, 4) is 5.69 Å². The summed E-state index contributed by atoms with van der Waals surface area (Å²) in [6.07, 6.45) is 6.80. The first-order valence-electron chi connectivity index (χ1n) is 7.01. The van der Waals surface area contributed by atoms with Crippen LogP contribution in [0.15, 0.2) is 55.1 Å². The zero-order chi connectivity index (χ0) is 16.1. The summed E-state index contributed by atoms with van der Waals surface area (Å²) < 4.78 is 1.80. The van der Waals surface area contributed by atoms with E-state index >= 15 is 0 Å². The third-order valence-electron chi connectivity index (χ3n) is 3.25. The first-order valence-corrected chi connectivity index (χ1v) is 7.01. The minimum atomic E-state index is -0.523. The number of hydrogen-bond acceptors (Lipinski definition) is 6. The van der Waals surface area contributed by atoms with E-state index in [1.54, 1.807) is 10.9 Å². The molecule has 8 nitrogen and oxygen atoms in total. The predicted molar refractivity (Wildman–Crippen MR) is 84.4 cm³/mol. The summed E-state index contributed by atoms with van der Waals surface area (Å²) in [5, 5.41) is 17.7. The second-order valence-electron chi connectivity index (χ2n) is 4.82. The molecule has 0 atom stereocenters. The maximum Gasteiger partial charge on any atom is 0.305 e. The molecule has 0 amide bonds. The van der Waals surface area contributed by atoms with Crippen LogP contribution in [0.25, 0.3) is 5.69 Å². The fraction of sp³-hybridized carbons (Fsp3) is 0.133. The molecule has 2 heterocycles. The summed E-state index contributed by atoms with van der Waals surface area (Å²) in [4.78, 5) is 17.8. The van der Waals surface area contributed by atoms with Crippen LogP contribution in [0.3, 0.4) is 0 Å². The maximum atomic E-state index is 10.5. The van der Waals surface area contributed by atoms with Crippen LogP contribution in [0.1, 0.15) is 5.56 Å². The van der Waals surface area contributed by atoms with Crippen molar-refractivity contribution in [1.82, 2.24) is 19.7 Å². The Morgan fingerprint density at radius 3 is 2.52 bits per heavy atom. The Bertz CT molecular complexity index is 769. The largest absolute Gasteiger partial charge is 0.354 e. The van der Waals surface area contributed by atoms with Gasteiger partial charge >= 0.3 is 5.69 Å². The fourth-order valence-electron chi connectivity index (χ4n) is 2.06. The number of nitrogens with zero attached hydrogens (tertiary/aromatic N) is 5. The Kier molecular flexibility index (Phi) is 4.23. The van der Waals surface area contributed by atoms with E-state index in [4.69, 9.17) is 0 Å². The normalized spacial score (nSPS) is 10.4. The Balaban J connectivity index is 1.53. The number of nitrogens with one attached hydrogen (secondary N) is 1. The van der Waals surface area contributed by atoms with Crippen LogP contribution in [-0.2, 0) is 6.42 Å². The summed E-state index contributed by atoms with van der Waals surface area (Å²) in [7, 11) is 0. The molecule has 1 N–H and O–H groups in total. The van der Waals surface area contributed by atoms with E-state index in [0.717, 1.165) is 17.7 Å². The van der Waals surface area contributed by atoms with Gasteiger partial charge in [0, 0.05) is 18.9 Å². The van der Waals surface area contributed by atoms with Crippen molar-refractivity contribution < 1.29 is 4.92 Å². The lowest BCUT2D eigenvalue weighted by molar-refractivity contribution is -0.385. The van der Waals surface area contributed by atoms with Gasteiger partial charge in [0.15, 0.2) is 0 Å². The van der Waals surface area contributed by atoms with Crippen LogP contribution >= 0.6 is 0 Å². The summed E-state index contributed by atoms with van der Waals surface area (Å²) in [5.74, 6) is 0.378. The Hall–Kier alpha value is -3.29. The molecule has 2 aromatic heterocycles. The van der Waals surface area contributed by atoms with Crippen LogP contribution in [0, 0.1) is 10.1 Å². The highest BCUT2D eigenvalue weighted by Crippen LogP contribution is 2.10. The molecule has 0 saturated heterocycles. The molecule has 0 bridgehead atoms. The van der Waals surface area contributed by atoms with E-state index in [9.17, 15) is 10.1 Å². The van der Waals surface area contributed by atoms with E-state index in [0.29, 0.717) is 12.5 Å². The van der Waals surface area contributed by atoms with Gasteiger partial charge in [-0.1, -0.05) is 12.1 Å². The highest BCUT2D eigenvalue weighted by Gasteiger charge is 2.06. The molecule has 1 aromatic carbocycles. The monoisotopic (exact) mass is 310 g/mol. The lowest BCUT2D eigenvalue weighted by Crippen LogP contribution is -2.08. The molecular weight excluding hydrogens is 296 g/mol. The second-order valence-corrected chi connectivity index (χ2v) is 4.82. The number of anilines is 1. The summed E-state index contributed by atoms with van der Waals surface area (Å²) in [6, 6.07) is 9.96. The van der Waals surface area contributed by atoms with Crippen molar-refractivity contribution in [2.45, 2.75) is 6.42 Å². The smallest absolute Gasteiger partial charge is 0.305 e. The Morgan fingerprint density at radius 2 is 1.91 bits per heavy atom. The SMILES string of the molecule is O=[N+]([O-])c1cnc(NCCc2ccc(-n3cccn3)cc2)nc1. The van der Waals surface area contributed by atoms with E-state index in [1.165, 1.54) is 12.4 Å². The molecule has 3 aromatic rings. The molecule has 23 heavy (non-hydrogen) atoms. The van der Waals surface area contributed by atoms with E-state index in [-0.39, 0.29) is 5.69 Å². The Labute approximate surface area is 132 Å². The average Bonchev–Trinajstić information content (AvgIpc) is 3.10. The van der Waals surface area contributed by atoms with Gasteiger partial charge in [-0.15, -0.1) is 0 Å². The van der Waals surface area contributed by atoms with Crippen LogP contribution in [-0.4, -0.2) is 31.2 Å². The summed E-state index contributed by atoms with van der Waals surface area (Å²) in [5.41, 5.74) is 2.05. The highest BCUT2D eigenvalue weighted by atomic mass is 16.6. The van der Waals surface area contributed by atoms with Gasteiger partial charge in [-0.2, -0.15) is 5.10 Å². The van der Waals surface area contributed by atoms with E-state index in [1.807, 2.05) is 36.5 Å². The molecule has 0 aliphatic carbocycles. The van der Waals surface area contributed by atoms with Crippen LogP contribution in [0.2, 0.25) is 0 Å². The van der Waals surface area contributed by atoms with Crippen molar-refractivity contribution in [2.75, 3.05) is 11.9 Å². The quantitative estimate of drug-likeness (QED) is 0.553. The van der Waals surface area contributed by atoms with Crippen molar-refractivity contribution >= 4 is 11.6 Å². The fourth-order valence-corrected chi connectivity index (χ4v) is 2.06. The van der Waals surface area contributed by atoms with Gasteiger partial charge in [0.1, 0.15) is 12.4 Å². The minimum Gasteiger partial charge on any atom is -0.354 e. The van der Waals surface area contributed by atoms with Gasteiger partial charge in [0.25, 0.3) is 0 Å². The molecule has 0 fully saturated rings. The lowest BCUT2D eigenvalue weighted by Gasteiger charge is -2.06. The van der Waals surface area contributed by atoms with Crippen molar-refractivity contribution in [1.29, 1.82) is 0 Å². The molecule has 0 spiro atoms. The van der Waals surface area contributed by atoms with Gasteiger partial charge in [0.05, 0.1) is 10.6 Å². The number of hydrogen-bond donors (Lipinski definition) is 1. The standard InChI is InChI=1S/C15H14N6O2/c22-21(23)14-10-17-15(18-11-14)16-8-6-12-2-4-13(5-3-12)20-9-1-7-19-20/h1-5,7,9-11H,6,8H2,(H,16,17,18). The van der Waals surface area contributed by atoms with Gasteiger partial charge in [-0.25, -0.2) is 14.6 Å². The van der Waals surface area contributed by atoms with Crippen molar-refractivity contribution in [3.63, 3.8) is 0 Å². The number of nitro groups is 1. The first kappa shape index (κ1) is 14.6. The zero-order valence-electron chi connectivity index (χ0n) is 12.2. The third kappa shape index (κ3) is 3.67. The van der Waals surface area contributed by atoms with E-state index in [2.05, 4.69) is 20.4 Å². The molecule has 116 valence electrons. The second kappa shape index (κ2) is 6.65. The zero-order valence-corrected chi connectivity index (χ0v) is 12.2. The summed E-state index contributed by atoms with van der Waals surface area (Å²) in [6.45, 7) is 0.638. The van der Waals surface area contributed by atoms with Gasteiger partial charge in [0.2, 0.25) is 5.95 Å². The third-order valence-corrected chi connectivity index (χ3v) is 3.25. The molecule has 0 aliphatic rings. The molecular formula is C15H14N6O2. The van der Waals surface area contributed by atoms with Crippen LogP contribution in [0.5, 0.6) is 0 Å². The van der Waals surface area contributed by atoms with Gasteiger partial charge in [-0.3, -0.25) is 10.1 Å². The van der Waals surface area contributed by atoms with Crippen molar-refractivity contribution in [2.24, 2.45) is 0 Å². The first-order chi connectivity index (χ1) is 11.2. The average molecular weight is 310 g/mol. The molecule has 0 radical (unpaired) electrons. The van der Waals surface area contributed by atoms with Gasteiger partial charge < -0.3 is 5.32 Å². The Morgan fingerprint density at radius 1 is 1.17 bits per heavy atom. The van der Waals surface area contributed by atoms with E-state index < -0.39 is 4.92 Å².